The van der Waals surface area contributed by atoms with Crippen molar-refractivity contribution in [3.8, 4) is 5.75 Å². The molecule has 1 saturated carbocycles. The summed E-state index contributed by atoms with van der Waals surface area (Å²) in [6.45, 7) is 6.53. The molecule has 0 N–H and O–H groups in total. The van der Waals surface area contributed by atoms with Crippen LogP contribution in [0, 0.1) is 0 Å². The van der Waals surface area contributed by atoms with E-state index in [4.69, 9.17) is 4.74 Å². The predicted octanol–water partition coefficient (Wildman–Crippen LogP) is 3.64. The van der Waals surface area contributed by atoms with E-state index in [2.05, 4.69) is 38.1 Å². The number of aromatic nitrogens is 1. The molecule has 16 heavy (non-hydrogen) atoms. The molecule has 0 amide bonds. The lowest BCUT2D eigenvalue weighted by molar-refractivity contribution is 0.294. The zero-order valence-electron chi connectivity index (χ0n) is 10.4. The monoisotopic (exact) mass is 237 g/mol. The van der Waals surface area contributed by atoms with E-state index in [9.17, 15) is 0 Å². The van der Waals surface area contributed by atoms with Crippen LogP contribution in [0.2, 0.25) is 0 Å². The molecule has 0 saturated heterocycles. The first-order valence-electron chi connectivity index (χ1n) is 5.72. The first-order valence-corrected chi connectivity index (χ1v) is 6.94. The summed E-state index contributed by atoms with van der Waals surface area (Å²) in [5, 5.41) is 0. The molecular weight excluding hydrogens is 218 g/mol. The fourth-order valence-electron chi connectivity index (χ4n) is 1.45. The molecule has 0 unspecified atom stereocenters. The van der Waals surface area contributed by atoms with Crippen LogP contribution in [-0.4, -0.2) is 17.3 Å². The molecule has 0 aromatic carbocycles. The van der Waals surface area contributed by atoms with E-state index in [1.54, 1.807) is 11.8 Å². The Hall–Kier alpha value is -0.700. The van der Waals surface area contributed by atoms with Gasteiger partial charge in [0.05, 0.1) is 11.0 Å². The van der Waals surface area contributed by atoms with Gasteiger partial charge in [-0.1, -0.05) is 20.8 Å². The average molecular weight is 237 g/mol. The second-order valence-electron chi connectivity index (χ2n) is 5.29. The van der Waals surface area contributed by atoms with Gasteiger partial charge in [-0.3, -0.25) is 4.98 Å². The quantitative estimate of drug-likeness (QED) is 0.749. The molecule has 0 radical (unpaired) electrons. The normalized spacial score (nSPS) is 16.2. The van der Waals surface area contributed by atoms with Crippen molar-refractivity contribution in [1.82, 2.24) is 4.98 Å². The minimum absolute atomic E-state index is 0.0819. The van der Waals surface area contributed by atoms with Gasteiger partial charge < -0.3 is 4.74 Å². The maximum Gasteiger partial charge on any atom is 0.136 e. The van der Waals surface area contributed by atoms with Gasteiger partial charge in [-0.05, 0) is 19.1 Å². The molecule has 1 heterocycles. The lowest BCUT2D eigenvalue weighted by Crippen LogP contribution is -2.14. The molecule has 2 rings (SSSR count). The van der Waals surface area contributed by atoms with E-state index in [0.717, 1.165) is 16.3 Å². The summed E-state index contributed by atoms with van der Waals surface area (Å²) in [6, 6.07) is 2.10. The number of ether oxygens (including phenoxy) is 1. The van der Waals surface area contributed by atoms with E-state index < -0.39 is 0 Å². The minimum atomic E-state index is 0.0819. The largest absolute Gasteiger partial charge is 0.489 e. The Balaban J connectivity index is 2.29. The molecule has 0 aliphatic heterocycles. The minimum Gasteiger partial charge on any atom is -0.489 e. The van der Waals surface area contributed by atoms with Gasteiger partial charge in [-0.25, -0.2) is 0 Å². The van der Waals surface area contributed by atoms with Crippen LogP contribution in [0.5, 0.6) is 5.75 Å². The first kappa shape index (κ1) is 11.8. The molecule has 1 aromatic rings. The summed E-state index contributed by atoms with van der Waals surface area (Å²) in [6.07, 6.45) is 6.83. The van der Waals surface area contributed by atoms with Crippen LogP contribution >= 0.6 is 11.8 Å². The summed E-state index contributed by atoms with van der Waals surface area (Å²) in [5.74, 6) is 1.01. The molecule has 88 valence electrons. The van der Waals surface area contributed by atoms with Crippen LogP contribution in [0.4, 0.5) is 0 Å². The first-order chi connectivity index (χ1) is 7.50. The van der Waals surface area contributed by atoms with Crippen LogP contribution in [0.15, 0.2) is 17.2 Å². The number of hydrogen-bond acceptors (Lipinski definition) is 3. The molecule has 0 bridgehead atoms. The van der Waals surface area contributed by atoms with E-state index >= 15 is 0 Å². The van der Waals surface area contributed by atoms with Gasteiger partial charge in [0.2, 0.25) is 0 Å². The number of rotatable bonds is 3. The fraction of sp³-hybridized carbons (Fsp3) is 0.615. The predicted molar refractivity (Wildman–Crippen MR) is 68.4 cm³/mol. The van der Waals surface area contributed by atoms with E-state index in [1.165, 1.54) is 12.8 Å². The highest BCUT2D eigenvalue weighted by molar-refractivity contribution is 7.98. The summed E-state index contributed by atoms with van der Waals surface area (Å²) >= 11 is 1.70. The third-order valence-electron chi connectivity index (χ3n) is 2.64. The van der Waals surface area contributed by atoms with Crippen molar-refractivity contribution in [3.05, 3.63) is 18.0 Å². The molecule has 1 aliphatic rings. The number of thioether (sulfide) groups is 1. The summed E-state index contributed by atoms with van der Waals surface area (Å²) in [5.41, 5.74) is 1.18. The second-order valence-corrected chi connectivity index (χ2v) is 6.14. The average Bonchev–Trinajstić information content (AvgIpc) is 3.00. The topological polar surface area (TPSA) is 22.1 Å². The van der Waals surface area contributed by atoms with Crippen LogP contribution in [0.25, 0.3) is 0 Å². The van der Waals surface area contributed by atoms with Crippen molar-refractivity contribution >= 4 is 11.8 Å². The molecule has 0 atom stereocenters. The number of pyridine rings is 1. The Morgan fingerprint density at radius 2 is 2.06 bits per heavy atom. The van der Waals surface area contributed by atoms with Gasteiger partial charge in [-0.2, -0.15) is 0 Å². The van der Waals surface area contributed by atoms with Crippen molar-refractivity contribution in [3.63, 3.8) is 0 Å². The lowest BCUT2D eigenvalue weighted by Gasteiger charge is -2.19. The highest BCUT2D eigenvalue weighted by Gasteiger charge is 2.26. The molecule has 2 nitrogen and oxygen atoms in total. The molecule has 3 heteroatoms. The Morgan fingerprint density at radius 3 is 2.56 bits per heavy atom. The summed E-state index contributed by atoms with van der Waals surface area (Å²) in [4.78, 5) is 5.65. The van der Waals surface area contributed by atoms with Gasteiger partial charge in [0.15, 0.2) is 0 Å². The smallest absolute Gasteiger partial charge is 0.136 e. The van der Waals surface area contributed by atoms with Gasteiger partial charge >= 0.3 is 0 Å². The van der Waals surface area contributed by atoms with Crippen molar-refractivity contribution < 1.29 is 4.74 Å². The zero-order chi connectivity index (χ0) is 11.8. The van der Waals surface area contributed by atoms with Gasteiger partial charge in [-0.15, -0.1) is 11.8 Å². The maximum atomic E-state index is 5.92. The van der Waals surface area contributed by atoms with Crippen molar-refractivity contribution in [1.29, 1.82) is 0 Å². The fourth-order valence-corrected chi connectivity index (χ4v) is 1.91. The van der Waals surface area contributed by atoms with Gasteiger partial charge in [0, 0.05) is 23.4 Å². The second kappa shape index (κ2) is 4.28. The van der Waals surface area contributed by atoms with Crippen LogP contribution < -0.4 is 4.74 Å². The molecule has 0 spiro atoms. The number of nitrogens with zero attached hydrogens (tertiary/aromatic N) is 1. The van der Waals surface area contributed by atoms with Gasteiger partial charge in [0.1, 0.15) is 5.75 Å². The Morgan fingerprint density at radius 1 is 1.38 bits per heavy atom. The zero-order valence-corrected chi connectivity index (χ0v) is 11.2. The lowest BCUT2D eigenvalue weighted by atomic mass is 9.91. The molecule has 1 aromatic heterocycles. The molecule has 1 aliphatic carbocycles. The third-order valence-corrected chi connectivity index (χ3v) is 3.38. The van der Waals surface area contributed by atoms with Gasteiger partial charge in [0.25, 0.3) is 0 Å². The summed E-state index contributed by atoms with van der Waals surface area (Å²) in [7, 11) is 0. The van der Waals surface area contributed by atoms with Crippen molar-refractivity contribution in [2.45, 2.75) is 50.0 Å². The maximum absolute atomic E-state index is 5.92. The Kier molecular flexibility index (Phi) is 3.15. The van der Waals surface area contributed by atoms with Crippen molar-refractivity contribution in [2.24, 2.45) is 0 Å². The van der Waals surface area contributed by atoms with E-state index in [1.807, 2.05) is 6.20 Å². The Bertz CT molecular complexity index is 380. The van der Waals surface area contributed by atoms with E-state index in [0.29, 0.717) is 6.10 Å². The standard InChI is InChI=1S/C13H19NOS/c1-13(2,3)12-7-10(15-9-5-6-9)11(16-4)8-14-12/h7-9H,5-6H2,1-4H3. The Labute approximate surface area is 102 Å². The van der Waals surface area contributed by atoms with Crippen LogP contribution in [-0.2, 0) is 5.41 Å². The van der Waals surface area contributed by atoms with Crippen molar-refractivity contribution in [2.75, 3.05) is 6.26 Å². The number of hydrogen-bond donors (Lipinski definition) is 0. The van der Waals surface area contributed by atoms with Crippen LogP contribution in [0.1, 0.15) is 39.3 Å². The SMILES string of the molecule is CSc1cnc(C(C)(C)C)cc1OC1CC1. The highest BCUT2D eigenvalue weighted by Crippen LogP contribution is 2.35. The molecule has 1 fully saturated rings. The summed E-state index contributed by atoms with van der Waals surface area (Å²) < 4.78 is 5.92. The third kappa shape index (κ3) is 2.70. The van der Waals surface area contributed by atoms with E-state index in [-0.39, 0.29) is 5.41 Å². The highest BCUT2D eigenvalue weighted by atomic mass is 32.2. The molecular formula is C13H19NOS. The van der Waals surface area contributed by atoms with Crippen LogP contribution in [0.3, 0.4) is 0 Å².